The molecule has 0 aromatic carbocycles. The summed E-state index contributed by atoms with van der Waals surface area (Å²) in [6.07, 6.45) is 16.1. The second kappa shape index (κ2) is 7.30. The maximum Gasteiger partial charge on any atom is 0.166 e. The molecule has 0 radical (unpaired) electrons. The highest BCUT2D eigenvalue weighted by atomic mass is 32.1. The quantitative estimate of drug-likeness (QED) is 0.833. The van der Waals surface area contributed by atoms with Gasteiger partial charge in [-0.3, -0.25) is 0 Å². The normalized spacial score (nSPS) is 27.2. The Kier molecular flexibility index (Phi) is 5.17. The van der Waals surface area contributed by atoms with Crippen molar-refractivity contribution >= 4 is 17.3 Å². The molecule has 0 amide bonds. The fraction of sp³-hybridized carbons (Fsp3) is 0.706. The molecule has 0 bridgehead atoms. The van der Waals surface area contributed by atoms with Crippen LogP contribution in [0.5, 0.6) is 0 Å². The molecule has 2 aliphatic carbocycles. The average Bonchev–Trinajstić information content (AvgIpc) is 3.03. The van der Waals surface area contributed by atoms with Gasteiger partial charge in [-0.25, -0.2) is 0 Å². The molecule has 2 fully saturated rings. The Labute approximate surface area is 133 Å². The SMILES string of the molecule is S=C(NC1CCCCC1)NC1CCCCC1n1cccc1. The van der Waals surface area contributed by atoms with E-state index in [1.165, 1.54) is 57.8 Å². The van der Waals surface area contributed by atoms with Gasteiger partial charge in [0.15, 0.2) is 5.11 Å². The number of nitrogens with zero attached hydrogens (tertiary/aromatic N) is 1. The van der Waals surface area contributed by atoms with E-state index < -0.39 is 0 Å². The molecular weight excluding hydrogens is 278 g/mol. The van der Waals surface area contributed by atoms with Crippen molar-refractivity contribution < 1.29 is 0 Å². The van der Waals surface area contributed by atoms with Crippen LogP contribution in [0, 0.1) is 0 Å². The first kappa shape index (κ1) is 14.9. The fourth-order valence-electron chi connectivity index (χ4n) is 3.85. The number of nitrogens with one attached hydrogen (secondary N) is 2. The van der Waals surface area contributed by atoms with E-state index in [4.69, 9.17) is 12.2 Å². The minimum atomic E-state index is 0.467. The molecule has 2 saturated carbocycles. The van der Waals surface area contributed by atoms with Crippen LogP contribution < -0.4 is 10.6 Å². The lowest BCUT2D eigenvalue weighted by Crippen LogP contribution is -2.49. The van der Waals surface area contributed by atoms with Crippen LogP contribution in [0.3, 0.4) is 0 Å². The zero-order valence-corrected chi connectivity index (χ0v) is 13.6. The molecule has 2 atom stereocenters. The highest BCUT2D eigenvalue weighted by molar-refractivity contribution is 7.80. The van der Waals surface area contributed by atoms with Crippen molar-refractivity contribution in [3.8, 4) is 0 Å². The lowest BCUT2D eigenvalue weighted by atomic mass is 9.90. The summed E-state index contributed by atoms with van der Waals surface area (Å²) in [5.74, 6) is 0. The van der Waals surface area contributed by atoms with Crippen LogP contribution in [0.4, 0.5) is 0 Å². The van der Waals surface area contributed by atoms with Crippen molar-refractivity contribution in [1.82, 2.24) is 15.2 Å². The predicted molar refractivity (Wildman–Crippen MR) is 91.5 cm³/mol. The minimum Gasteiger partial charge on any atom is -0.360 e. The van der Waals surface area contributed by atoms with E-state index in [1.807, 2.05) is 0 Å². The van der Waals surface area contributed by atoms with Crippen molar-refractivity contribution in [2.45, 2.75) is 75.9 Å². The van der Waals surface area contributed by atoms with E-state index in [0.717, 1.165) is 5.11 Å². The molecule has 21 heavy (non-hydrogen) atoms. The Bertz CT molecular complexity index is 437. The number of hydrogen-bond donors (Lipinski definition) is 2. The zero-order chi connectivity index (χ0) is 14.5. The van der Waals surface area contributed by atoms with E-state index in [2.05, 4.69) is 39.7 Å². The van der Waals surface area contributed by atoms with Crippen LogP contribution in [-0.2, 0) is 0 Å². The largest absolute Gasteiger partial charge is 0.360 e. The summed E-state index contributed by atoms with van der Waals surface area (Å²) in [5.41, 5.74) is 0. The van der Waals surface area contributed by atoms with Gasteiger partial charge in [0.1, 0.15) is 0 Å². The van der Waals surface area contributed by atoms with Crippen LogP contribution in [0.25, 0.3) is 0 Å². The van der Waals surface area contributed by atoms with Crippen molar-refractivity contribution in [3.05, 3.63) is 24.5 Å². The summed E-state index contributed by atoms with van der Waals surface area (Å²) in [4.78, 5) is 0. The van der Waals surface area contributed by atoms with Crippen molar-refractivity contribution in [2.24, 2.45) is 0 Å². The van der Waals surface area contributed by atoms with Crippen molar-refractivity contribution in [2.75, 3.05) is 0 Å². The molecule has 1 aromatic heterocycles. The average molecular weight is 305 g/mol. The highest BCUT2D eigenvalue weighted by Crippen LogP contribution is 2.28. The summed E-state index contributed by atoms with van der Waals surface area (Å²) in [7, 11) is 0. The number of thiocarbonyl (C=S) groups is 1. The lowest BCUT2D eigenvalue weighted by molar-refractivity contribution is 0.285. The summed E-state index contributed by atoms with van der Waals surface area (Å²) in [5, 5.41) is 8.01. The smallest absolute Gasteiger partial charge is 0.166 e. The molecule has 2 aliphatic rings. The van der Waals surface area contributed by atoms with E-state index >= 15 is 0 Å². The monoisotopic (exact) mass is 305 g/mol. The van der Waals surface area contributed by atoms with Gasteiger partial charge in [0, 0.05) is 24.5 Å². The third-order valence-corrected chi connectivity index (χ3v) is 5.23. The zero-order valence-electron chi connectivity index (χ0n) is 12.8. The van der Waals surface area contributed by atoms with Gasteiger partial charge in [-0.1, -0.05) is 32.1 Å². The van der Waals surface area contributed by atoms with E-state index in [-0.39, 0.29) is 0 Å². The molecule has 0 spiro atoms. The third-order valence-electron chi connectivity index (χ3n) is 5.00. The maximum absolute atomic E-state index is 5.57. The van der Waals surface area contributed by atoms with E-state index in [9.17, 15) is 0 Å². The molecule has 4 heteroatoms. The standard InChI is InChI=1S/C17H27N3S/c21-17(18-14-8-2-1-3-9-14)19-15-10-4-5-11-16(15)20-12-6-7-13-20/h6-7,12-16H,1-5,8-11H2,(H2,18,19,21). The van der Waals surface area contributed by atoms with E-state index in [1.54, 1.807) is 0 Å². The Morgan fingerprint density at radius 1 is 0.857 bits per heavy atom. The van der Waals surface area contributed by atoms with Crippen LogP contribution in [0.15, 0.2) is 24.5 Å². The predicted octanol–water partition coefficient (Wildman–Crippen LogP) is 3.77. The number of rotatable bonds is 3. The van der Waals surface area contributed by atoms with Gasteiger partial charge < -0.3 is 15.2 Å². The first-order chi connectivity index (χ1) is 10.3. The Hall–Kier alpha value is -1.03. The lowest BCUT2D eigenvalue weighted by Gasteiger charge is -2.35. The van der Waals surface area contributed by atoms with Gasteiger partial charge in [0.05, 0.1) is 6.04 Å². The maximum atomic E-state index is 5.57. The van der Waals surface area contributed by atoms with Crippen LogP contribution >= 0.6 is 12.2 Å². The Balaban J connectivity index is 1.55. The van der Waals surface area contributed by atoms with E-state index in [0.29, 0.717) is 18.1 Å². The molecule has 0 aliphatic heterocycles. The minimum absolute atomic E-state index is 0.467. The van der Waals surface area contributed by atoms with Crippen LogP contribution in [0.1, 0.15) is 63.8 Å². The molecule has 116 valence electrons. The first-order valence-corrected chi connectivity index (χ1v) is 8.93. The Morgan fingerprint density at radius 2 is 1.52 bits per heavy atom. The number of hydrogen-bond acceptors (Lipinski definition) is 1. The molecule has 3 rings (SSSR count). The van der Waals surface area contributed by atoms with Gasteiger partial charge in [-0.2, -0.15) is 0 Å². The topological polar surface area (TPSA) is 29.0 Å². The van der Waals surface area contributed by atoms with Crippen molar-refractivity contribution in [3.63, 3.8) is 0 Å². The fourth-order valence-corrected chi connectivity index (χ4v) is 4.17. The summed E-state index contributed by atoms with van der Waals surface area (Å²) >= 11 is 5.57. The molecule has 3 nitrogen and oxygen atoms in total. The third kappa shape index (κ3) is 4.00. The number of aromatic nitrogens is 1. The van der Waals surface area contributed by atoms with Gasteiger partial charge in [0.2, 0.25) is 0 Å². The second-order valence-electron chi connectivity index (χ2n) is 6.54. The molecule has 1 heterocycles. The summed E-state index contributed by atoms with van der Waals surface area (Å²) < 4.78 is 2.35. The highest BCUT2D eigenvalue weighted by Gasteiger charge is 2.27. The van der Waals surface area contributed by atoms with Crippen LogP contribution in [-0.4, -0.2) is 21.8 Å². The molecule has 1 aromatic rings. The summed E-state index contributed by atoms with van der Waals surface area (Å²) in [6.45, 7) is 0. The van der Waals surface area contributed by atoms with Crippen LogP contribution in [0.2, 0.25) is 0 Å². The van der Waals surface area contributed by atoms with Gasteiger partial charge in [0.25, 0.3) is 0 Å². The van der Waals surface area contributed by atoms with Gasteiger partial charge >= 0.3 is 0 Å². The first-order valence-electron chi connectivity index (χ1n) is 8.52. The van der Waals surface area contributed by atoms with Crippen molar-refractivity contribution in [1.29, 1.82) is 0 Å². The Morgan fingerprint density at radius 3 is 2.29 bits per heavy atom. The summed E-state index contributed by atoms with van der Waals surface area (Å²) in [6, 6.07) is 5.83. The second-order valence-corrected chi connectivity index (χ2v) is 6.95. The molecular formula is C17H27N3S. The van der Waals surface area contributed by atoms with Gasteiger partial charge in [-0.15, -0.1) is 0 Å². The molecule has 2 unspecified atom stereocenters. The van der Waals surface area contributed by atoms with Gasteiger partial charge in [-0.05, 0) is 50.0 Å². The molecule has 0 saturated heterocycles. The molecule has 2 N–H and O–H groups in total.